The van der Waals surface area contributed by atoms with Crippen LogP contribution in [0.4, 0.5) is 5.82 Å². The molecule has 0 radical (unpaired) electrons. The van der Waals surface area contributed by atoms with Gasteiger partial charge in [0, 0.05) is 25.8 Å². The average molecular weight is 457 g/mol. The summed E-state index contributed by atoms with van der Waals surface area (Å²) in [4.78, 5) is 35.7. The standard InChI is InChI=1S/C23H28N4O2S2/c1-4-5-9-27-22(29)18(31-23(27)30)12-17-20(25-13-15(2)11-16(3)14-25)24-19-8-6-7-10-26(19)21(17)28/h6-8,10,12,15-16H,4-5,9,11,13-14H2,1-3H3/b18-12+/t15-,16+. The first-order chi connectivity index (χ1) is 14.9. The molecular formula is C23H28N4O2S2. The number of thioether (sulfide) groups is 1. The van der Waals surface area contributed by atoms with Crippen molar-refractivity contribution >= 4 is 51.7 Å². The minimum Gasteiger partial charge on any atom is -0.355 e. The Morgan fingerprint density at radius 3 is 2.68 bits per heavy atom. The molecule has 0 unspecified atom stereocenters. The molecule has 31 heavy (non-hydrogen) atoms. The van der Waals surface area contributed by atoms with Crippen molar-refractivity contribution < 1.29 is 4.79 Å². The van der Waals surface area contributed by atoms with E-state index in [0.717, 1.165) is 32.4 Å². The molecule has 2 aromatic rings. The zero-order valence-electron chi connectivity index (χ0n) is 18.2. The molecule has 2 aliphatic heterocycles. The number of unbranched alkanes of at least 4 members (excludes halogenated alkanes) is 1. The van der Waals surface area contributed by atoms with Crippen molar-refractivity contribution in [3.8, 4) is 0 Å². The number of hydrogen-bond acceptors (Lipinski definition) is 6. The van der Waals surface area contributed by atoms with Crippen molar-refractivity contribution in [2.24, 2.45) is 11.8 Å². The Balaban J connectivity index is 1.82. The zero-order chi connectivity index (χ0) is 22.1. The number of pyridine rings is 1. The fraction of sp³-hybridized carbons (Fsp3) is 0.478. The van der Waals surface area contributed by atoms with Gasteiger partial charge in [0.25, 0.3) is 11.5 Å². The zero-order valence-corrected chi connectivity index (χ0v) is 19.8. The van der Waals surface area contributed by atoms with Crippen molar-refractivity contribution in [1.82, 2.24) is 14.3 Å². The van der Waals surface area contributed by atoms with Crippen LogP contribution in [0.5, 0.6) is 0 Å². The summed E-state index contributed by atoms with van der Waals surface area (Å²) in [5.74, 6) is 1.57. The SMILES string of the molecule is CCCCN1C(=O)/C(=C\c2c(N3C[C@H](C)C[C@H](C)C3)nc3ccccn3c2=O)SC1=S. The summed E-state index contributed by atoms with van der Waals surface area (Å²) in [6, 6.07) is 5.54. The number of amides is 1. The van der Waals surface area contributed by atoms with E-state index in [0.29, 0.717) is 44.6 Å². The number of piperidine rings is 1. The number of anilines is 1. The molecular weight excluding hydrogens is 428 g/mol. The topological polar surface area (TPSA) is 57.9 Å². The molecule has 6 nitrogen and oxygen atoms in total. The Kier molecular flexibility index (Phi) is 6.48. The van der Waals surface area contributed by atoms with E-state index in [2.05, 4.69) is 25.7 Å². The van der Waals surface area contributed by atoms with Gasteiger partial charge < -0.3 is 4.90 Å². The summed E-state index contributed by atoms with van der Waals surface area (Å²) in [6.45, 7) is 8.85. The molecule has 0 aliphatic carbocycles. The highest BCUT2D eigenvalue weighted by atomic mass is 32.2. The van der Waals surface area contributed by atoms with Crippen LogP contribution in [0.3, 0.4) is 0 Å². The predicted molar refractivity (Wildman–Crippen MR) is 131 cm³/mol. The van der Waals surface area contributed by atoms with Crippen LogP contribution in [0.1, 0.15) is 45.6 Å². The summed E-state index contributed by atoms with van der Waals surface area (Å²) in [7, 11) is 0. The van der Waals surface area contributed by atoms with E-state index in [4.69, 9.17) is 17.2 Å². The van der Waals surface area contributed by atoms with Gasteiger partial charge >= 0.3 is 0 Å². The van der Waals surface area contributed by atoms with Crippen LogP contribution in [-0.2, 0) is 4.79 Å². The van der Waals surface area contributed by atoms with Crippen LogP contribution in [-0.4, -0.2) is 44.1 Å². The first kappa shape index (κ1) is 22.0. The minimum atomic E-state index is -0.162. The number of aromatic nitrogens is 2. The molecule has 2 saturated heterocycles. The first-order valence-corrected chi connectivity index (χ1v) is 12.1. The second kappa shape index (κ2) is 9.12. The third-order valence-electron chi connectivity index (χ3n) is 5.80. The third-order valence-corrected chi connectivity index (χ3v) is 7.18. The third kappa shape index (κ3) is 4.41. The van der Waals surface area contributed by atoms with Crippen molar-refractivity contribution in [3.63, 3.8) is 0 Å². The van der Waals surface area contributed by atoms with Crippen LogP contribution in [0.2, 0.25) is 0 Å². The lowest BCUT2D eigenvalue weighted by atomic mass is 9.91. The Hall–Kier alpha value is -2.19. The molecule has 4 rings (SSSR count). The van der Waals surface area contributed by atoms with Gasteiger partial charge in [-0.05, 0) is 42.9 Å². The van der Waals surface area contributed by atoms with E-state index in [-0.39, 0.29) is 11.5 Å². The number of carbonyl (C=O) groups excluding carboxylic acids is 1. The Bertz CT molecular complexity index is 1100. The number of thiocarbonyl (C=S) groups is 1. The molecule has 164 valence electrons. The lowest BCUT2D eigenvalue weighted by Crippen LogP contribution is -2.40. The molecule has 2 fully saturated rings. The maximum absolute atomic E-state index is 13.5. The summed E-state index contributed by atoms with van der Waals surface area (Å²) in [5, 5.41) is 0. The number of nitrogens with zero attached hydrogens (tertiary/aromatic N) is 4. The normalized spacial score (nSPS) is 23.4. The van der Waals surface area contributed by atoms with E-state index in [9.17, 15) is 9.59 Å². The van der Waals surface area contributed by atoms with Crippen LogP contribution in [0.15, 0.2) is 34.1 Å². The van der Waals surface area contributed by atoms with Gasteiger partial charge in [0.1, 0.15) is 15.8 Å². The maximum atomic E-state index is 13.5. The number of rotatable bonds is 5. The van der Waals surface area contributed by atoms with Gasteiger partial charge in [0.05, 0.1) is 10.5 Å². The maximum Gasteiger partial charge on any atom is 0.267 e. The highest BCUT2D eigenvalue weighted by Gasteiger charge is 2.33. The van der Waals surface area contributed by atoms with E-state index in [1.807, 2.05) is 18.2 Å². The van der Waals surface area contributed by atoms with Gasteiger partial charge in [-0.25, -0.2) is 4.98 Å². The second-order valence-electron chi connectivity index (χ2n) is 8.62. The fourth-order valence-corrected chi connectivity index (χ4v) is 5.72. The molecule has 2 aromatic heterocycles. The van der Waals surface area contributed by atoms with Gasteiger partial charge in [-0.15, -0.1) is 0 Å². The Morgan fingerprint density at radius 1 is 1.23 bits per heavy atom. The molecule has 2 aliphatic rings. The lowest BCUT2D eigenvalue weighted by molar-refractivity contribution is -0.122. The molecule has 0 aromatic carbocycles. The summed E-state index contributed by atoms with van der Waals surface area (Å²) < 4.78 is 2.10. The fourth-order valence-electron chi connectivity index (χ4n) is 4.43. The van der Waals surface area contributed by atoms with Gasteiger partial charge in [-0.2, -0.15) is 0 Å². The smallest absolute Gasteiger partial charge is 0.267 e. The summed E-state index contributed by atoms with van der Waals surface area (Å²) >= 11 is 6.71. The first-order valence-electron chi connectivity index (χ1n) is 10.9. The monoisotopic (exact) mass is 456 g/mol. The molecule has 8 heteroatoms. The molecule has 0 spiro atoms. The minimum absolute atomic E-state index is 0.118. The van der Waals surface area contributed by atoms with Crippen LogP contribution in [0.25, 0.3) is 11.7 Å². The summed E-state index contributed by atoms with van der Waals surface area (Å²) in [6.07, 6.45) is 6.48. The van der Waals surface area contributed by atoms with Crippen LogP contribution < -0.4 is 10.5 Å². The van der Waals surface area contributed by atoms with Crippen molar-refractivity contribution in [2.75, 3.05) is 24.5 Å². The molecule has 4 heterocycles. The Labute approximate surface area is 192 Å². The van der Waals surface area contributed by atoms with Gasteiger partial charge in [-0.3, -0.25) is 18.9 Å². The molecule has 0 N–H and O–H groups in total. The second-order valence-corrected chi connectivity index (χ2v) is 10.3. The quantitative estimate of drug-likeness (QED) is 0.497. The van der Waals surface area contributed by atoms with Gasteiger partial charge in [-0.1, -0.05) is 57.2 Å². The largest absolute Gasteiger partial charge is 0.355 e. The van der Waals surface area contributed by atoms with Crippen LogP contribution >= 0.6 is 24.0 Å². The highest BCUT2D eigenvalue weighted by molar-refractivity contribution is 8.26. The van der Waals surface area contributed by atoms with E-state index < -0.39 is 0 Å². The Morgan fingerprint density at radius 2 is 1.97 bits per heavy atom. The average Bonchev–Trinajstić information content (AvgIpc) is 3.00. The van der Waals surface area contributed by atoms with E-state index in [1.165, 1.54) is 11.8 Å². The number of fused-ring (bicyclic) bond motifs is 1. The molecule has 1 amide bonds. The predicted octanol–water partition coefficient (Wildman–Crippen LogP) is 4.18. The van der Waals surface area contributed by atoms with Gasteiger partial charge in [0.15, 0.2) is 0 Å². The summed E-state index contributed by atoms with van der Waals surface area (Å²) in [5.41, 5.74) is 0.910. The van der Waals surface area contributed by atoms with Gasteiger partial charge in [0.2, 0.25) is 0 Å². The lowest BCUT2D eigenvalue weighted by Gasteiger charge is -2.36. The van der Waals surface area contributed by atoms with Crippen molar-refractivity contribution in [2.45, 2.75) is 40.0 Å². The molecule has 0 saturated carbocycles. The molecule has 0 bridgehead atoms. The van der Waals surface area contributed by atoms with E-state index in [1.54, 1.807) is 21.6 Å². The van der Waals surface area contributed by atoms with Crippen molar-refractivity contribution in [3.05, 3.63) is 45.2 Å². The number of hydrogen-bond donors (Lipinski definition) is 0. The van der Waals surface area contributed by atoms with E-state index >= 15 is 0 Å². The number of carbonyl (C=O) groups is 1. The van der Waals surface area contributed by atoms with Crippen LogP contribution in [0, 0.1) is 11.8 Å². The molecule has 2 atom stereocenters. The highest BCUT2D eigenvalue weighted by Crippen LogP contribution is 2.34. The van der Waals surface area contributed by atoms with Crippen molar-refractivity contribution in [1.29, 1.82) is 0 Å².